The van der Waals surface area contributed by atoms with Crippen LogP contribution in [0.25, 0.3) is 0 Å². The van der Waals surface area contributed by atoms with Crippen LogP contribution in [0.3, 0.4) is 0 Å². The fraction of sp³-hybridized carbons (Fsp3) is 0.688. The molecule has 7 nitrogen and oxygen atoms in total. The Balaban J connectivity index is 2.83. The fourth-order valence-corrected chi connectivity index (χ4v) is 2.16. The van der Waals surface area contributed by atoms with Crippen molar-refractivity contribution in [1.82, 2.24) is 4.90 Å². The molecule has 1 saturated heterocycles. The summed E-state index contributed by atoms with van der Waals surface area (Å²) in [6.45, 7) is 12.0. The zero-order valence-electron chi connectivity index (χ0n) is 14.4. The van der Waals surface area contributed by atoms with Gasteiger partial charge in [-0.05, 0) is 34.6 Å². The molecular weight excluding hydrogens is 302 g/mol. The summed E-state index contributed by atoms with van der Waals surface area (Å²) in [7, 11) is 0. The number of carbonyl (C=O) groups is 3. The topological polar surface area (TPSA) is 82.1 Å². The molecule has 1 amide bonds. The van der Waals surface area contributed by atoms with Crippen LogP contribution in [0.5, 0.6) is 0 Å². The number of amides is 1. The zero-order valence-corrected chi connectivity index (χ0v) is 14.4. The van der Waals surface area contributed by atoms with Crippen LogP contribution in [0.2, 0.25) is 0 Å². The largest absolute Gasteiger partial charge is 0.461 e. The number of nitrogens with zero attached hydrogens (tertiary/aromatic N) is 1. The van der Waals surface area contributed by atoms with Gasteiger partial charge in [-0.15, -0.1) is 0 Å². The van der Waals surface area contributed by atoms with Gasteiger partial charge in [0.2, 0.25) is 0 Å². The average molecular weight is 327 g/mol. The molecule has 0 spiro atoms. The molecule has 1 atom stereocenters. The van der Waals surface area contributed by atoms with Crippen molar-refractivity contribution < 1.29 is 28.6 Å². The minimum absolute atomic E-state index is 0.0137. The van der Waals surface area contributed by atoms with Crippen LogP contribution in [0, 0.1) is 0 Å². The highest BCUT2D eigenvalue weighted by Crippen LogP contribution is 2.30. The van der Waals surface area contributed by atoms with Crippen LogP contribution in [-0.2, 0) is 23.8 Å². The highest BCUT2D eigenvalue weighted by atomic mass is 16.6. The predicted molar refractivity (Wildman–Crippen MR) is 82.7 cm³/mol. The number of hydrogen-bond acceptors (Lipinski definition) is 6. The summed E-state index contributed by atoms with van der Waals surface area (Å²) >= 11 is 0. The molecule has 0 saturated carbocycles. The van der Waals surface area contributed by atoms with E-state index in [-0.39, 0.29) is 13.2 Å². The summed E-state index contributed by atoms with van der Waals surface area (Å²) in [5, 5.41) is 0. The lowest BCUT2D eigenvalue weighted by Gasteiger charge is -2.34. The second kappa shape index (κ2) is 7.12. The summed E-state index contributed by atoms with van der Waals surface area (Å²) in [5.41, 5.74) is -1.69. The number of hydrogen-bond donors (Lipinski definition) is 0. The summed E-state index contributed by atoms with van der Waals surface area (Å²) in [6, 6.07) is -0.879. The van der Waals surface area contributed by atoms with Crippen molar-refractivity contribution in [2.24, 2.45) is 0 Å². The second-order valence-corrected chi connectivity index (χ2v) is 6.74. The van der Waals surface area contributed by atoms with Gasteiger partial charge in [0.25, 0.3) is 0 Å². The SMILES string of the molecule is C=CCOC(=O)CC(=O)[C@@H]1COC(C)(C)N1C(=O)OC(C)(C)C. The second-order valence-electron chi connectivity index (χ2n) is 6.74. The molecule has 0 aromatic heterocycles. The van der Waals surface area contributed by atoms with E-state index in [1.54, 1.807) is 34.6 Å². The third-order valence-electron chi connectivity index (χ3n) is 3.13. The summed E-state index contributed by atoms with van der Waals surface area (Å²) < 4.78 is 15.7. The Morgan fingerprint density at radius 1 is 1.35 bits per heavy atom. The molecule has 1 heterocycles. The third kappa shape index (κ3) is 5.35. The van der Waals surface area contributed by atoms with Crippen LogP contribution < -0.4 is 0 Å². The normalized spacial score (nSPS) is 20.0. The molecule has 0 aromatic carbocycles. The van der Waals surface area contributed by atoms with Crippen LogP contribution in [0.4, 0.5) is 4.79 Å². The van der Waals surface area contributed by atoms with Gasteiger partial charge in [0.1, 0.15) is 30.4 Å². The molecule has 0 radical (unpaired) electrons. The minimum atomic E-state index is -0.992. The van der Waals surface area contributed by atoms with Gasteiger partial charge in [0, 0.05) is 0 Å². The molecule has 130 valence electrons. The Morgan fingerprint density at radius 3 is 2.48 bits per heavy atom. The molecule has 1 aliphatic heterocycles. The zero-order chi connectivity index (χ0) is 17.8. The van der Waals surface area contributed by atoms with E-state index in [0.29, 0.717) is 0 Å². The highest BCUT2D eigenvalue weighted by molar-refractivity contribution is 6.00. The molecule has 1 rings (SSSR count). The fourth-order valence-electron chi connectivity index (χ4n) is 2.16. The first-order chi connectivity index (χ1) is 10.5. The third-order valence-corrected chi connectivity index (χ3v) is 3.13. The van der Waals surface area contributed by atoms with E-state index in [0.717, 1.165) is 0 Å². The quantitative estimate of drug-likeness (QED) is 0.437. The van der Waals surface area contributed by atoms with Crippen LogP contribution >= 0.6 is 0 Å². The Labute approximate surface area is 136 Å². The predicted octanol–water partition coefficient (Wildman–Crippen LogP) is 2.05. The van der Waals surface area contributed by atoms with Crippen LogP contribution in [0.1, 0.15) is 41.0 Å². The Bertz CT molecular complexity index is 491. The van der Waals surface area contributed by atoms with E-state index < -0.39 is 41.6 Å². The van der Waals surface area contributed by atoms with Gasteiger partial charge in [-0.3, -0.25) is 14.5 Å². The van der Waals surface area contributed by atoms with Gasteiger partial charge >= 0.3 is 12.1 Å². The number of Topliss-reactive ketones (excluding diaryl/α,β-unsaturated/α-hetero) is 1. The highest BCUT2D eigenvalue weighted by Gasteiger charge is 2.48. The minimum Gasteiger partial charge on any atom is -0.461 e. The Morgan fingerprint density at radius 2 is 1.96 bits per heavy atom. The van der Waals surface area contributed by atoms with E-state index >= 15 is 0 Å². The first-order valence-corrected chi connectivity index (χ1v) is 7.43. The standard InChI is InChI=1S/C16H25NO6/c1-7-8-21-13(19)9-12(18)11-10-22-16(5,6)17(11)14(20)23-15(2,3)4/h7,11H,1,8-10H2,2-6H3/t11-/m0/s1. The van der Waals surface area contributed by atoms with Crippen LogP contribution in [0.15, 0.2) is 12.7 Å². The lowest BCUT2D eigenvalue weighted by atomic mass is 10.1. The Kier molecular flexibility index (Phi) is 5.93. The van der Waals surface area contributed by atoms with Gasteiger partial charge in [0.05, 0.1) is 6.61 Å². The van der Waals surface area contributed by atoms with Crippen molar-refractivity contribution in [2.45, 2.75) is 58.4 Å². The van der Waals surface area contributed by atoms with Gasteiger partial charge in [-0.2, -0.15) is 0 Å². The number of ketones is 1. The van der Waals surface area contributed by atoms with Crippen molar-refractivity contribution in [3.63, 3.8) is 0 Å². The van der Waals surface area contributed by atoms with Crippen LogP contribution in [-0.4, -0.2) is 53.3 Å². The summed E-state index contributed by atoms with van der Waals surface area (Å²) in [6.07, 6.45) is 0.326. The lowest BCUT2D eigenvalue weighted by Crippen LogP contribution is -2.52. The van der Waals surface area contributed by atoms with E-state index in [1.165, 1.54) is 11.0 Å². The summed E-state index contributed by atoms with van der Waals surface area (Å²) in [4.78, 5) is 37.5. The van der Waals surface area contributed by atoms with Crippen molar-refractivity contribution in [3.05, 3.63) is 12.7 Å². The van der Waals surface area contributed by atoms with E-state index in [9.17, 15) is 14.4 Å². The first kappa shape index (κ1) is 19.2. The van der Waals surface area contributed by atoms with Crippen molar-refractivity contribution >= 4 is 17.8 Å². The maximum absolute atomic E-state index is 12.4. The maximum atomic E-state index is 12.4. The molecule has 1 aliphatic rings. The van der Waals surface area contributed by atoms with Crippen molar-refractivity contribution in [2.75, 3.05) is 13.2 Å². The van der Waals surface area contributed by atoms with E-state index in [2.05, 4.69) is 6.58 Å². The van der Waals surface area contributed by atoms with E-state index in [4.69, 9.17) is 14.2 Å². The number of ether oxygens (including phenoxy) is 3. The molecule has 23 heavy (non-hydrogen) atoms. The van der Waals surface area contributed by atoms with Gasteiger partial charge < -0.3 is 14.2 Å². The van der Waals surface area contributed by atoms with Gasteiger partial charge in [-0.25, -0.2) is 4.79 Å². The van der Waals surface area contributed by atoms with Crippen molar-refractivity contribution in [1.29, 1.82) is 0 Å². The number of rotatable bonds is 5. The lowest BCUT2D eigenvalue weighted by molar-refractivity contribution is -0.146. The molecule has 1 fully saturated rings. The maximum Gasteiger partial charge on any atom is 0.413 e. The monoisotopic (exact) mass is 327 g/mol. The molecule has 7 heteroatoms. The smallest absolute Gasteiger partial charge is 0.413 e. The first-order valence-electron chi connectivity index (χ1n) is 7.43. The molecule has 0 aliphatic carbocycles. The average Bonchev–Trinajstić information content (AvgIpc) is 2.70. The number of carbonyl (C=O) groups excluding carboxylic acids is 3. The van der Waals surface area contributed by atoms with Crippen molar-refractivity contribution in [3.8, 4) is 0 Å². The van der Waals surface area contributed by atoms with Gasteiger partial charge in [-0.1, -0.05) is 12.7 Å². The van der Waals surface area contributed by atoms with Gasteiger partial charge in [0.15, 0.2) is 5.78 Å². The molecule has 0 N–H and O–H groups in total. The molecule has 0 bridgehead atoms. The number of esters is 1. The summed E-state index contributed by atoms with van der Waals surface area (Å²) in [5.74, 6) is -1.11. The Hall–Kier alpha value is -1.89. The molecular formula is C16H25NO6. The van der Waals surface area contributed by atoms with E-state index in [1.807, 2.05) is 0 Å². The molecule has 0 unspecified atom stereocenters. The molecule has 0 aromatic rings.